The number of nitrogens with zero attached hydrogens (tertiary/aromatic N) is 2. The van der Waals surface area contributed by atoms with Crippen LogP contribution < -0.4 is 10.2 Å². The molecule has 2 aromatic carbocycles. The van der Waals surface area contributed by atoms with Crippen LogP contribution in [-0.2, 0) is 4.79 Å². The Hall–Kier alpha value is -3.22. The highest BCUT2D eigenvalue weighted by atomic mass is 16.6. The molecule has 1 N–H and O–H groups in total. The Morgan fingerprint density at radius 2 is 1.92 bits per heavy atom. The van der Waals surface area contributed by atoms with Crippen molar-refractivity contribution >= 4 is 28.9 Å². The fourth-order valence-electron chi connectivity index (χ4n) is 2.88. The molecule has 0 radical (unpaired) electrons. The number of carbonyl (C=O) groups is 2. The number of nitro benzene ring substituents is 1. The van der Waals surface area contributed by atoms with E-state index in [1.807, 2.05) is 19.1 Å². The number of amides is 2. The highest BCUT2D eigenvalue weighted by molar-refractivity contribution is 6.04. The molecule has 1 aliphatic rings. The molecule has 7 nitrogen and oxygen atoms in total. The molecule has 25 heavy (non-hydrogen) atoms. The first-order chi connectivity index (χ1) is 12.0. The van der Waals surface area contributed by atoms with Gasteiger partial charge in [-0.2, -0.15) is 0 Å². The minimum absolute atomic E-state index is 0.0629. The first-order valence-electron chi connectivity index (χ1n) is 7.92. The Morgan fingerprint density at radius 3 is 2.48 bits per heavy atom. The quantitative estimate of drug-likeness (QED) is 0.683. The summed E-state index contributed by atoms with van der Waals surface area (Å²) < 4.78 is 0. The maximum Gasteiger partial charge on any atom is 0.269 e. The highest BCUT2D eigenvalue weighted by Crippen LogP contribution is 2.27. The van der Waals surface area contributed by atoms with Gasteiger partial charge >= 0.3 is 0 Å². The molecule has 0 aliphatic carbocycles. The molecule has 0 atom stereocenters. The average molecular weight is 339 g/mol. The first-order valence-corrected chi connectivity index (χ1v) is 7.92. The lowest BCUT2D eigenvalue weighted by atomic mass is 10.1. The van der Waals surface area contributed by atoms with E-state index in [0.29, 0.717) is 24.2 Å². The van der Waals surface area contributed by atoms with Gasteiger partial charge in [-0.15, -0.1) is 0 Å². The number of nitro groups is 1. The lowest BCUT2D eigenvalue weighted by Gasteiger charge is -2.19. The molecular weight excluding hydrogens is 322 g/mol. The molecule has 7 heteroatoms. The van der Waals surface area contributed by atoms with Gasteiger partial charge in [0.25, 0.3) is 11.6 Å². The van der Waals surface area contributed by atoms with Crippen molar-refractivity contribution in [2.45, 2.75) is 19.8 Å². The summed E-state index contributed by atoms with van der Waals surface area (Å²) in [5.74, 6) is -0.231. The standard InChI is InChI=1S/C18H17N3O4/c1-12-11-14(6-9-16(12)20-10-2-3-17(20)22)19-18(23)13-4-7-15(8-5-13)21(24)25/h4-9,11H,2-3,10H2,1H3,(H,19,23). The minimum atomic E-state index is -0.510. The summed E-state index contributed by atoms with van der Waals surface area (Å²) in [7, 11) is 0. The van der Waals surface area contributed by atoms with Crippen molar-refractivity contribution in [3.8, 4) is 0 Å². The number of hydrogen-bond acceptors (Lipinski definition) is 4. The molecule has 0 saturated carbocycles. The fraction of sp³-hybridized carbons (Fsp3) is 0.222. The molecule has 0 unspecified atom stereocenters. The summed E-state index contributed by atoms with van der Waals surface area (Å²) in [5.41, 5.74) is 2.64. The summed E-state index contributed by atoms with van der Waals surface area (Å²) >= 11 is 0. The Labute approximate surface area is 144 Å². The zero-order chi connectivity index (χ0) is 18.0. The zero-order valence-corrected chi connectivity index (χ0v) is 13.7. The van der Waals surface area contributed by atoms with E-state index in [9.17, 15) is 19.7 Å². The smallest absolute Gasteiger partial charge is 0.269 e. The number of aryl methyl sites for hydroxylation is 1. The van der Waals surface area contributed by atoms with Crippen LogP contribution in [0.4, 0.5) is 17.1 Å². The van der Waals surface area contributed by atoms with Crippen LogP contribution in [0.5, 0.6) is 0 Å². The van der Waals surface area contributed by atoms with Crippen molar-refractivity contribution in [2.75, 3.05) is 16.8 Å². The average Bonchev–Trinajstić information content (AvgIpc) is 3.01. The molecule has 128 valence electrons. The first kappa shape index (κ1) is 16.6. The third kappa shape index (κ3) is 3.50. The summed E-state index contributed by atoms with van der Waals surface area (Å²) in [6.07, 6.45) is 1.43. The number of benzene rings is 2. The van der Waals surface area contributed by atoms with Crippen molar-refractivity contribution < 1.29 is 14.5 Å². The topological polar surface area (TPSA) is 92.5 Å². The Morgan fingerprint density at radius 1 is 1.20 bits per heavy atom. The zero-order valence-electron chi connectivity index (χ0n) is 13.7. The van der Waals surface area contributed by atoms with Crippen LogP contribution in [0.2, 0.25) is 0 Å². The molecule has 2 amide bonds. The Balaban J connectivity index is 1.74. The lowest BCUT2D eigenvalue weighted by Crippen LogP contribution is -2.24. The number of anilines is 2. The fourth-order valence-corrected chi connectivity index (χ4v) is 2.88. The van der Waals surface area contributed by atoms with Crippen LogP contribution >= 0.6 is 0 Å². The number of hydrogen-bond donors (Lipinski definition) is 1. The summed E-state index contributed by atoms with van der Waals surface area (Å²) in [5, 5.41) is 13.4. The number of non-ortho nitro benzene ring substituents is 1. The van der Waals surface area contributed by atoms with Gasteiger partial charge in [0, 0.05) is 42.0 Å². The summed E-state index contributed by atoms with van der Waals surface area (Å²) in [4.78, 5) is 36.0. The molecular formula is C18H17N3O4. The van der Waals surface area contributed by atoms with E-state index in [1.165, 1.54) is 24.3 Å². The van der Waals surface area contributed by atoms with E-state index in [1.54, 1.807) is 11.0 Å². The Kier molecular flexibility index (Phi) is 4.47. The van der Waals surface area contributed by atoms with Crippen molar-refractivity contribution in [1.82, 2.24) is 0 Å². The van der Waals surface area contributed by atoms with Crippen LogP contribution in [-0.4, -0.2) is 23.3 Å². The third-order valence-electron chi connectivity index (χ3n) is 4.16. The largest absolute Gasteiger partial charge is 0.322 e. The van der Waals surface area contributed by atoms with Crippen LogP contribution in [0.3, 0.4) is 0 Å². The van der Waals surface area contributed by atoms with Crippen LogP contribution in [0, 0.1) is 17.0 Å². The normalized spacial score (nSPS) is 13.8. The van der Waals surface area contributed by atoms with Gasteiger partial charge < -0.3 is 10.2 Å². The molecule has 1 saturated heterocycles. The third-order valence-corrected chi connectivity index (χ3v) is 4.16. The summed E-state index contributed by atoms with van der Waals surface area (Å²) in [6.45, 7) is 2.61. The maximum atomic E-state index is 12.3. The van der Waals surface area contributed by atoms with Crippen molar-refractivity contribution in [3.63, 3.8) is 0 Å². The monoisotopic (exact) mass is 339 g/mol. The second-order valence-electron chi connectivity index (χ2n) is 5.91. The molecule has 3 rings (SSSR count). The number of rotatable bonds is 4. The number of nitrogens with one attached hydrogen (secondary N) is 1. The van der Waals surface area contributed by atoms with Crippen LogP contribution in [0.25, 0.3) is 0 Å². The highest BCUT2D eigenvalue weighted by Gasteiger charge is 2.23. The van der Waals surface area contributed by atoms with Gasteiger partial charge in [-0.1, -0.05) is 0 Å². The van der Waals surface area contributed by atoms with Crippen molar-refractivity contribution in [3.05, 3.63) is 63.7 Å². The van der Waals surface area contributed by atoms with Gasteiger partial charge in [0.15, 0.2) is 0 Å². The SMILES string of the molecule is Cc1cc(NC(=O)c2ccc([N+](=O)[O-])cc2)ccc1N1CCCC1=O. The second-order valence-corrected chi connectivity index (χ2v) is 5.91. The predicted octanol–water partition coefficient (Wildman–Crippen LogP) is 3.28. The van der Waals surface area contributed by atoms with Gasteiger partial charge in [0.05, 0.1) is 4.92 Å². The molecule has 0 bridgehead atoms. The van der Waals surface area contributed by atoms with E-state index >= 15 is 0 Å². The van der Waals surface area contributed by atoms with Gasteiger partial charge in [-0.05, 0) is 49.2 Å². The van der Waals surface area contributed by atoms with E-state index in [0.717, 1.165) is 17.7 Å². The lowest BCUT2D eigenvalue weighted by molar-refractivity contribution is -0.384. The van der Waals surface area contributed by atoms with E-state index in [-0.39, 0.29) is 17.5 Å². The van der Waals surface area contributed by atoms with Gasteiger partial charge in [0.1, 0.15) is 0 Å². The van der Waals surface area contributed by atoms with E-state index in [2.05, 4.69) is 5.32 Å². The van der Waals surface area contributed by atoms with Gasteiger partial charge in [0.2, 0.25) is 5.91 Å². The van der Waals surface area contributed by atoms with Gasteiger partial charge in [-0.25, -0.2) is 0 Å². The molecule has 1 heterocycles. The summed E-state index contributed by atoms with van der Waals surface area (Å²) in [6, 6.07) is 10.8. The number of carbonyl (C=O) groups excluding carboxylic acids is 2. The molecule has 2 aromatic rings. The van der Waals surface area contributed by atoms with Crippen LogP contribution in [0.1, 0.15) is 28.8 Å². The minimum Gasteiger partial charge on any atom is -0.322 e. The van der Waals surface area contributed by atoms with E-state index < -0.39 is 4.92 Å². The van der Waals surface area contributed by atoms with Crippen LogP contribution in [0.15, 0.2) is 42.5 Å². The van der Waals surface area contributed by atoms with Crippen molar-refractivity contribution in [2.24, 2.45) is 0 Å². The van der Waals surface area contributed by atoms with Crippen molar-refractivity contribution in [1.29, 1.82) is 0 Å². The molecule has 0 aromatic heterocycles. The Bertz CT molecular complexity index is 846. The van der Waals surface area contributed by atoms with E-state index in [4.69, 9.17) is 0 Å². The van der Waals surface area contributed by atoms with Gasteiger partial charge in [-0.3, -0.25) is 19.7 Å². The second kappa shape index (κ2) is 6.72. The predicted molar refractivity (Wildman–Crippen MR) is 93.8 cm³/mol. The molecule has 1 aliphatic heterocycles. The molecule has 0 spiro atoms. The maximum absolute atomic E-state index is 12.3. The molecule has 1 fully saturated rings.